The minimum atomic E-state index is -1.24. The number of ether oxygens (including phenoxy) is 5. The van der Waals surface area contributed by atoms with Gasteiger partial charge in [0.1, 0.15) is 46.6 Å². The van der Waals surface area contributed by atoms with E-state index in [2.05, 4.69) is 28.9 Å². The van der Waals surface area contributed by atoms with E-state index >= 15 is 0 Å². The fourth-order valence-corrected chi connectivity index (χ4v) is 12.0. The largest absolute Gasteiger partial charge is 1.00 e. The van der Waals surface area contributed by atoms with Crippen molar-refractivity contribution in [3.8, 4) is 11.8 Å². The number of fused-ring (bicyclic) bond motifs is 7. The van der Waals surface area contributed by atoms with Gasteiger partial charge < -0.3 is 44.9 Å². The third-order valence-corrected chi connectivity index (χ3v) is 16.4. The SMILES string of the molecule is C=C[C@H]1C[C@@]1(NC(=O)[C@@H]1C[C@@H](Oc2nc3ccccc3c3ccccc23)CN1C(=O)OC(C)(C)C)C(=O)OCC.C=C[C@H]1C[C@@]1(NC(=O)[C@@H]1C[C@@H](Oc2nc3ccccc3c3ccccc23)CN1C(=O)OC(C)(C)C)C(=O)n1ncc2c(C)cccc21.CCO.[Na+].[OH-]. The predicted octanol–water partition coefficient (Wildman–Crippen LogP) is 7.80. The molecular formula is C70H79N8NaO13. The normalized spacial score (nSPS) is 22.1. The summed E-state index contributed by atoms with van der Waals surface area (Å²) >= 11 is 0. The number of aliphatic hydroxyl groups is 1. The number of aryl methyl sites for hydroxylation is 1. The third-order valence-electron chi connectivity index (χ3n) is 16.4. The maximum Gasteiger partial charge on any atom is 1.00 e. The molecule has 4 N–H and O–H groups in total. The summed E-state index contributed by atoms with van der Waals surface area (Å²) in [7, 11) is 0. The van der Waals surface area contributed by atoms with Crippen LogP contribution in [0.4, 0.5) is 9.59 Å². The molecule has 2 saturated heterocycles. The average molecular weight is 1260 g/mol. The Labute approximate surface area is 556 Å². The van der Waals surface area contributed by atoms with Crippen LogP contribution in [0.5, 0.6) is 11.8 Å². The molecule has 0 radical (unpaired) electrons. The van der Waals surface area contributed by atoms with Gasteiger partial charge in [-0.2, -0.15) is 9.78 Å². The molecule has 0 unspecified atom stereocenters. The van der Waals surface area contributed by atoms with Gasteiger partial charge in [0.25, 0.3) is 5.91 Å². The molecule has 12 rings (SSSR count). The van der Waals surface area contributed by atoms with Gasteiger partial charge >= 0.3 is 47.7 Å². The summed E-state index contributed by atoms with van der Waals surface area (Å²) in [5, 5.41) is 24.4. The van der Waals surface area contributed by atoms with Gasteiger partial charge in [0.2, 0.25) is 23.6 Å². The average Bonchev–Trinajstić information content (AvgIpc) is 1.56. The molecule has 5 heterocycles. The summed E-state index contributed by atoms with van der Waals surface area (Å²) in [5.41, 5.74) is -0.735. The molecule has 8 atom stereocenters. The summed E-state index contributed by atoms with van der Waals surface area (Å²) in [6.07, 6.45) is 3.78. The van der Waals surface area contributed by atoms with Crippen molar-refractivity contribution >= 4 is 90.1 Å². The van der Waals surface area contributed by atoms with E-state index < -0.39 is 76.5 Å². The minimum Gasteiger partial charge on any atom is -0.870 e. The summed E-state index contributed by atoms with van der Waals surface area (Å²) in [6.45, 7) is 24.3. The van der Waals surface area contributed by atoms with Crippen molar-refractivity contribution in [2.24, 2.45) is 11.8 Å². The van der Waals surface area contributed by atoms with Gasteiger partial charge in [-0.15, -0.1) is 13.2 Å². The zero-order valence-electron chi connectivity index (χ0n) is 53.8. The monoisotopic (exact) mass is 1260 g/mol. The molecule has 4 fully saturated rings. The van der Waals surface area contributed by atoms with Gasteiger partial charge in [-0.25, -0.2) is 24.4 Å². The molecule has 2 saturated carbocycles. The second kappa shape index (κ2) is 28.2. The van der Waals surface area contributed by atoms with Crippen LogP contribution in [0.1, 0.15) is 91.4 Å². The van der Waals surface area contributed by atoms with Crippen molar-refractivity contribution in [2.75, 3.05) is 26.3 Å². The molecule has 0 bridgehead atoms. The maximum atomic E-state index is 14.2. The number of amides is 4. The van der Waals surface area contributed by atoms with E-state index in [-0.39, 0.29) is 91.9 Å². The Bertz CT molecular complexity index is 4110. The summed E-state index contributed by atoms with van der Waals surface area (Å²) in [4.78, 5) is 93.8. The smallest absolute Gasteiger partial charge is 0.870 e. The Balaban J connectivity index is 0.000000225. The van der Waals surface area contributed by atoms with E-state index in [0.717, 1.165) is 54.3 Å². The van der Waals surface area contributed by atoms with Crippen molar-refractivity contribution in [1.29, 1.82) is 0 Å². The minimum absolute atomic E-state index is 0. The molecule has 21 nitrogen and oxygen atoms in total. The first-order valence-electron chi connectivity index (χ1n) is 30.5. The van der Waals surface area contributed by atoms with Crippen molar-refractivity contribution in [2.45, 2.75) is 135 Å². The topological polar surface area (TPSA) is 273 Å². The number of esters is 1. The number of hydrogen-bond donors (Lipinski definition) is 3. The van der Waals surface area contributed by atoms with Gasteiger partial charge in [0.15, 0.2) is 0 Å². The van der Waals surface area contributed by atoms with Crippen LogP contribution in [-0.2, 0) is 28.6 Å². The molecule has 92 heavy (non-hydrogen) atoms. The molecule has 8 aromatic rings. The van der Waals surface area contributed by atoms with Crippen LogP contribution in [0, 0.1) is 18.8 Å². The van der Waals surface area contributed by atoms with E-state index in [4.69, 9.17) is 38.8 Å². The van der Waals surface area contributed by atoms with Crippen LogP contribution in [0.3, 0.4) is 0 Å². The predicted molar refractivity (Wildman–Crippen MR) is 345 cm³/mol. The zero-order chi connectivity index (χ0) is 64.5. The summed E-state index contributed by atoms with van der Waals surface area (Å²) in [5.74, 6) is -1.47. The summed E-state index contributed by atoms with van der Waals surface area (Å²) in [6, 6.07) is 35.2. The first kappa shape index (κ1) is 69.4. The number of nitrogens with zero attached hydrogens (tertiary/aromatic N) is 6. The molecule has 4 aliphatic rings. The maximum absolute atomic E-state index is 14.2. The van der Waals surface area contributed by atoms with Gasteiger partial charge in [0, 0.05) is 58.2 Å². The number of hydrogen-bond acceptors (Lipinski definition) is 16. The first-order chi connectivity index (χ1) is 43.0. The van der Waals surface area contributed by atoms with Crippen molar-refractivity contribution in [3.63, 3.8) is 0 Å². The molecule has 2 aliphatic carbocycles. The van der Waals surface area contributed by atoms with Crippen LogP contribution in [-0.4, -0.2) is 149 Å². The molecule has 4 amide bonds. The van der Waals surface area contributed by atoms with Crippen LogP contribution in [0.25, 0.3) is 54.3 Å². The van der Waals surface area contributed by atoms with Gasteiger partial charge in [-0.1, -0.05) is 97.1 Å². The second-order valence-corrected chi connectivity index (χ2v) is 25.1. The number of rotatable bonds is 13. The van der Waals surface area contributed by atoms with Crippen molar-refractivity contribution in [1.82, 2.24) is 40.2 Å². The Morgan fingerprint density at radius 2 is 1.02 bits per heavy atom. The number of benzene rings is 5. The molecule has 2 aliphatic heterocycles. The number of nitrogens with one attached hydrogen (secondary N) is 2. The van der Waals surface area contributed by atoms with E-state index in [1.165, 1.54) is 14.5 Å². The van der Waals surface area contributed by atoms with E-state index in [1.807, 2.05) is 122 Å². The van der Waals surface area contributed by atoms with Crippen molar-refractivity contribution in [3.05, 3.63) is 152 Å². The van der Waals surface area contributed by atoms with Crippen LogP contribution in [0.2, 0.25) is 0 Å². The Morgan fingerprint density at radius 3 is 1.45 bits per heavy atom. The fraction of sp³-hybridized carbons (Fsp3) is 0.386. The van der Waals surface area contributed by atoms with Gasteiger partial charge in [0.05, 0.1) is 42.4 Å². The van der Waals surface area contributed by atoms with Crippen LogP contribution in [0.15, 0.2) is 147 Å². The van der Waals surface area contributed by atoms with Crippen LogP contribution < -0.4 is 49.7 Å². The first-order valence-corrected chi connectivity index (χ1v) is 30.5. The standard InChI is InChI=1S/C37H37N5O5.C31H35N3O6.C2H6O.Na.H2O/c1-6-23-19-37(23,34(44)42-30-17-11-12-22(2)28(30)20-38-42)40-32(43)31-18-24(21-41(31)35(45)47-36(3,4)5)46-33-27-15-8-7-13-25(27)26-14-9-10-16-29(26)39-33;1-6-19-17-31(19,28(36)38-7-2)33-26(35)25-16-20(18-34(25)29(37)40-30(3,4)5)39-27-23-14-9-8-12-21(23)22-13-10-11-15-24(22)32-27;1-2-3;;/h6-17,20,23-24,31H,1,18-19,21H2,2-5H3,(H,40,43);6,8-15,19-20,25H,1,7,16-18H2,2-5H3,(H,33,35);3H,2H2,1H3;;1H2/q;;;+1;/p-1/t23-,24+,31-,37-;19-,20+,25-,31-;;;/m00.../s1. The number of aromatic nitrogens is 4. The summed E-state index contributed by atoms with van der Waals surface area (Å²) < 4.78 is 30.9. The molecule has 5 aromatic carbocycles. The number of aliphatic hydroxyl groups excluding tert-OH is 1. The van der Waals surface area contributed by atoms with Crippen LogP contribution >= 0.6 is 0 Å². The van der Waals surface area contributed by atoms with Crippen molar-refractivity contribution < 1.29 is 92.6 Å². The molecule has 3 aromatic heterocycles. The molecular weight excluding hydrogens is 1180 g/mol. The quantitative estimate of drug-likeness (QED) is 0.0327. The number of pyridine rings is 2. The molecule has 22 heteroatoms. The Morgan fingerprint density at radius 1 is 0.609 bits per heavy atom. The number of carbonyl (C=O) groups is 6. The molecule has 0 spiro atoms. The van der Waals surface area contributed by atoms with E-state index in [1.54, 1.807) is 73.7 Å². The van der Waals surface area contributed by atoms with E-state index in [0.29, 0.717) is 30.1 Å². The number of carbonyl (C=O) groups excluding carboxylic acids is 6. The number of likely N-dealkylation sites (tertiary alicyclic amines) is 2. The Kier molecular flexibility index (Phi) is 21.3. The zero-order valence-corrected chi connectivity index (χ0v) is 55.8. The van der Waals surface area contributed by atoms with E-state index in [9.17, 15) is 28.8 Å². The van der Waals surface area contributed by atoms with Gasteiger partial charge in [-0.3, -0.25) is 24.2 Å². The Hall–Kier alpha value is -8.47. The fourth-order valence-electron chi connectivity index (χ4n) is 12.0. The number of para-hydroxylation sites is 2. The second-order valence-electron chi connectivity index (χ2n) is 25.1. The third kappa shape index (κ3) is 14.4. The molecule has 478 valence electrons. The van der Waals surface area contributed by atoms with Gasteiger partial charge in [-0.05, 0) is 122 Å².